The molecule has 0 radical (unpaired) electrons. The maximum atomic E-state index is 5.73. The molecule has 1 N–H and O–H groups in total. The number of nitrogens with zero attached hydrogens (tertiary/aromatic N) is 2. The smallest absolute Gasteiger partial charge is 0.107 e. The van der Waals surface area contributed by atoms with Crippen molar-refractivity contribution >= 4 is 11.3 Å². The van der Waals surface area contributed by atoms with E-state index in [4.69, 9.17) is 4.74 Å². The molecular formula is C13H23N3OS. The van der Waals surface area contributed by atoms with Gasteiger partial charge in [-0.25, -0.2) is 4.98 Å². The van der Waals surface area contributed by atoms with Crippen LogP contribution in [0.15, 0.2) is 5.38 Å². The van der Waals surface area contributed by atoms with Gasteiger partial charge in [0.25, 0.3) is 0 Å². The quantitative estimate of drug-likeness (QED) is 0.855. The number of nitrogens with one attached hydrogen (secondary N) is 1. The fourth-order valence-electron chi connectivity index (χ4n) is 2.41. The fraction of sp³-hybridized carbons (Fsp3) is 0.769. The van der Waals surface area contributed by atoms with Crippen molar-refractivity contribution in [1.29, 1.82) is 0 Å². The molecule has 1 aromatic rings. The van der Waals surface area contributed by atoms with E-state index in [1.54, 1.807) is 11.3 Å². The molecule has 1 saturated heterocycles. The molecule has 1 aliphatic heterocycles. The van der Waals surface area contributed by atoms with Crippen molar-refractivity contribution in [3.63, 3.8) is 0 Å². The van der Waals surface area contributed by atoms with Crippen LogP contribution >= 0.6 is 11.3 Å². The number of aromatic nitrogens is 1. The molecule has 18 heavy (non-hydrogen) atoms. The summed E-state index contributed by atoms with van der Waals surface area (Å²) >= 11 is 1.74. The molecule has 1 aliphatic rings. The van der Waals surface area contributed by atoms with Crippen molar-refractivity contribution in [1.82, 2.24) is 15.2 Å². The van der Waals surface area contributed by atoms with Crippen molar-refractivity contribution in [3.8, 4) is 0 Å². The number of thiazole rings is 1. The SMILES string of the molecule is CCOC1CCCN(Cc2csc(CNC)n2)C1. The summed E-state index contributed by atoms with van der Waals surface area (Å²) in [6.45, 7) is 6.94. The molecule has 1 unspecified atom stereocenters. The lowest BCUT2D eigenvalue weighted by Crippen LogP contribution is -2.39. The molecule has 1 fully saturated rings. The molecule has 0 aliphatic carbocycles. The maximum Gasteiger partial charge on any atom is 0.107 e. The minimum atomic E-state index is 0.416. The average Bonchev–Trinajstić information content (AvgIpc) is 2.78. The Hall–Kier alpha value is -0.490. The van der Waals surface area contributed by atoms with Gasteiger partial charge in [-0.05, 0) is 33.4 Å². The summed E-state index contributed by atoms with van der Waals surface area (Å²) < 4.78 is 5.73. The van der Waals surface area contributed by atoms with Gasteiger partial charge >= 0.3 is 0 Å². The molecule has 0 amide bonds. The number of hydrogen-bond donors (Lipinski definition) is 1. The Bertz CT molecular complexity index is 354. The van der Waals surface area contributed by atoms with Crippen LogP contribution in [0.1, 0.15) is 30.5 Å². The summed E-state index contributed by atoms with van der Waals surface area (Å²) in [5.41, 5.74) is 1.20. The zero-order valence-electron chi connectivity index (χ0n) is 11.3. The van der Waals surface area contributed by atoms with Crippen molar-refractivity contribution in [2.24, 2.45) is 0 Å². The minimum absolute atomic E-state index is 0.416. The van der Waals surface area contributed by atoms with Crippen LogP contribution in [-0.2, 0) is 17.8 Å². The Morgan fingerprint density at radius 3 is 3.28 bits per heavy atom. The fourth-order valence-corrected chi connectivity index (χ4v) is 3.21. The third-order valence-electron chi connectivity index (χ3n) is 3.18. The Morgan fingerprint density at radius 1 is 1.61 bits per heavy atom. The highest BCUT2D eigenvalue weighted by atomic mass is 32.1. The molecule has 5 heteroatoms. The lowest BCUT2D eigenvalue weighted by atomic mass is 10.1. The highest BCUT2D eigenvalue weighted by Crippen LogP contribution is 2.17. The van der Waals surface area contributed by atoms with Gasteiger partial charge in [0.2, 0.25) is 0 Å². The van der Waals surface area contributed by atoms with E-state index in [2.05, 4.69) is 27.5 Å². The number of piperidine rings is 1. The van der Waals surface area contributed by atoms with Crippen LogP contribution in [0.4, 0.5) is 0 Å². The zero-order valence-corrected chi connectivity index (χ0v) is 12.1. The van der Waals surface area contributed by atoms with Gasteiger partial charge in [0.15, 0.2) is 0 Å². The van der Waals surface area contributed by atoms with Gasteiger partial charge in [0.05, 0.1) is 11.8 Å². The molecule has 0 aromatic carbocycles. The second-order valence-corrected chi connectivity index (χ2v) is 5.66. The molecule has 1 atom stereocenters. The number of rotatable bonds is 6. The molecule has 2 rings (SSSR count). The van der Waals surface area contributed by atoms with Crippen molar-refractivity contribution in [2.75, 3.05) is 26.7 Å². The molecule has 1 aromatic heterocycles. The number of hydrogen-bond acceptors (Lipinski definition) is 5. The molecule has 4 nitrogen and oxygen atoms in total. The van der Waals surface area contributed by atoms with E-state index in [0.717, 1.165) is 26.2 Å². The van der Waals surface area contributed by atoms with E-state index in [1.165, 1.54) is 30.1 Å². The maximum absolute atomic E-state index is 5.73. The summed E-state index contributed by atoms with van der Waals surface area (Å²) in [6, 6.07) is 0. The van der Waals surface area contributed by atoms with E-state index in [0.29, 0.717) is 6.10 Å². The first kappa shape index (κ1) is 13.9. The van der Waals surface area contributed by atoms with Crippen LogP contribution in [0.5, 0.6) is 0 Å². The third-order valence-corrected chi connectivity index (χ3v) is 4.08. The zero-order chi connectivity index (χ0) is 12.8. The van der Waals surface area contributed by atoms with E-state index in [1.807, 2.05) is 7.05 Å². The normalized spacial score (nSPS) is 21.3. The van der Waals surface area contributed by atoms with Crippen LogP contribution in [0, 0.1) is 0 Å². The Labute approximate surface area is 113 Å². The molecule has 0 bridgehead atoms. The van der Waals surface area contributed by atoms with Gasteiger partial charge in [-0.2, -0.15) is 0 Å². The highest BCUT2D eigenvalue weighted by molar-refractivity contribution is 7.09. The van der Waals surface area contributed by atoms with Crippen molar-refractivity contribution < 1.29 is 4.74 Å². The van der Waals surface area contributed by atoms with E-state index < -0.39 is 0 Å². The second-order valence-electron chi connectivity index (χ2n) is 4.72. The number of ether oxygens (including phenoxy) is 1. The van der Waals surface area contributed by atoms with E-state index >= 15 is 0 Å². The van der Waals surface area contributed by atoms with E-state index in [9.17, 15) is 0 Å². The van der Waals surface area contributed by atoms with Crippen LogP contribution in [-0.4, -0.2) is 42.7 Å². The lowest BCUT2D eigenvalue weighted by Gasteiger charge is -2.31. The van der Waals surface area contributed by atoms with Gasteiger partial charge in [-0.15, -0.1) is 11.3 Å². The lowest BCUT2D eigenvalue weighted by molar-refractivity contribution is 0.00335. The Balaban J connectivity index is 1.84. The Kier molecular flexibility index (Phi) is 5.56. The summed E-state index contributed by atoms with van der Waals surface area (Å²) in [5, 5.41) is 6.49. The van der Waals surface area contributed by atoms with Crippen LogP contribution in [0.25, 0.3) is 0 Å². The second kappa shape index (κ2) is 7.19. The number of likely N-dealkylation sites (tertiary alicyclic amines) is 1. The summed E-state index contributed by atoms with van der Waals surface area (Å²) in [7, 11) is 1.96. The largest absolute Gasteiger partial charge is 0.377 e. The molecular weight excluding hydrogens is 246 g/mol. The van der Waals surface area contributed by atoms with Crippen LogP contribution in [0.3, 0.4) is 0 Å². The first-order valence-electron chi connectivity index (χ1n) is 6.73. The van der Waals surface area contributed by atoms with Crippen molar-refractivity contribution in [3.05, 3.63) is 16.1 Å². The first-order valence-corrected chi connectivity index (χ1v) is 7.61. The summed E-state index contributed by atoms with van der Waals surface area (Å²) in [4.78, 5) is 7.10. The van der Waals surface area contributed by atoms with Gasteiger partial charge in [0.1, 0.15) is 5.01 Å². The minimum Gasteiger partial charge on any atom is -0.377 e. The Morgan fingerprint density at radius 2 is 2.50 bits per heavy atom. The molecule has 0 spiro atoms. The summed E-state index contributed by atoms with van der Waals surface area (Å²) in [5.74, 6) is 0. The monoisotopic (exact) mass is 269 g/mol. The third kappa shape index (κ3) is 4.02. The highest BCUT2D eigenvalue weighted by Gasteiger charge is 2.20. The predicted octanol–water partition coefficient (Wildman–Crippen LogP) is 1.86. The van der Waals surface area contributed by atoms with Gasteiger partial charge in [-0.1, -0.05) is 0 Å². The van der Waals surface area contributed by atoms with Gasteiger partial charge < -0.3 is 10.1 Å². The topological polar surface area (TPSA) is 37.4 Å². The van der Waals surface area contributed by atoms with Crippen LogP contribution in [0.2, 0.25) is 0 Å². The molecule has 102 valence electrons. The molecule has 2 heterocycles. The molecule has 0 saturated carbocycles. The predicted molar refractivity (Wildman–Crippen MR) is 74.8 cm³/mol. The van der Waals surface area contributed by atoms with Gasteiger partial charge in [-0.3, -0.25) is 4.90 Å². The first-order chi connectivity index (χ1) is 8.81. The van der Waals surface area contributed by atoms with Gasteiger partial charge in [0, 0.05) is 31.6 Å². The van der Waals surface area contributed by atoms with Crippen LogP contribution < -0.4 is 5.32 Å². The summed E-state index contributed by atoms with van der Waals surface area (Å²) in [6.07, 6.45) is 2.85. The standard InChI is InChI=1S/C13H23N3OS/c1-3-17-12-5-4-6-16(9-12)8-11-10-18-13(15-11)7-14-2/h10,12,14H,3-9H2,1-2H3. The van der Waals surface area contributed by atoms with E-state index in [-0.39, 0.29) is 0 Å². The average molecular weight is 269 g/mol. The van der Waals surface area contributed by atoms with Crippen molar-refractivity contribution in [2.45, 2.75) is 39.0 Å².